The maximum absolute atomic E-state index is 11.3. The molecule has 1 aromatic heterocycles. The lowest BCUT2D eigenvalue weighted by molar-refractivity contribution is -0.384. The lowest BCUT2D eigenvalue weighted by Gasteiger charge is -2.12. The number of hydrogen-bond acceptors (Lipinski definition) is 10. The molecular weight excluding hydrogens is 386 g/mol. The Balaban J connectivity index is 1.78. The lowest BCUT2D eigenvalue weighted by Crippen LogP contribution is -2.11. The highest BCUT2D eigenvalue weighted by Gasteiger charge is 2.15. The van der Waals surface area contributed by atoms with E-state index in [1.54, 1.807) is 38.2 Å². The summed E-state index contributed by atoms with van der Waals surface area (Å²) in [7, 11) is 5.19. The Morgan fingerprint density at radius 2 is 1.73 bits per heavy atom. The van der Waals surface area contributed by atoms with Crippen LogP contribution in [0.3, 0.4) is 0 Å². The second-order valence-corrected chi connectivity index (χ2v) is 6.32. The predicted molar refractivity (Wildman–Crippen MR) is 118 cm³/mol. The van der Waals surface area contributed by atoms with Crippen molar-refractivity contribution >= 4 is 41.1 Å². The predicted octanol–water partition coefficient (Wildman–Crippen LogP) is 3.08. The third-order valence-corrected chi connectivity index (χ3v) is 3.95. The van der Waals surface area contributed by atoms with Crippen molar-refractivity contribution < 1.29 is 4.92 Å². The van der Waals surface area contributed by atoms with Crippen molar-refractivity contribution in [3.8, 4) is 0 Å². The van der Waals surface area contributed by atoms with Gasteiger partial charge in [0.15, 0.2) is 0 Å². The van der Waals surface area contributed by atoms with Crippen molar-refractivity contribution in [2.45, 2.75) is 0 Å². The quantitative estimate of drug-likeness (QED) is 0.292. The molecule has 0 aliphatic heterocycles. The molecule has 0 saturated heterocycles. The van der Waals surface area contributed by atoms with E-state index in [0.717, 1.165) is 5.69 Å². The summed E-state index contributed by atoms with van der Waals surface area (Å²) < 4.78 is 0. The number of para-hydroxylation sites is 1. The molecule has 11 heteroatoms. The summed E-state index contributed by atoms with van der Waals surface area (Å²) in [5.74, 6) is 0.903. The van der Waals surface area contributed by atoms with Crippen LogP contribution in [0.1, 0.15) is 5.56 Å². The molecule has 3 rings (SSSR count). The molecule has 30 heavy (non-hydrogen) atoms. The Bertz CT molecular complexity index is 1060. The molecule has 0 atom stereocenters. The second-order valence-electron chi connectivity index (χ2n) is 6.32. The van der Waals surface area contributed by atoms with Gasteiger partial charge in [-0.1, -0.05) is 24.3 Å². The Morgan fingerprint density at radius 3 is 2.40 bits per heavy atom. The molecule has 1 heterocycles. The normalized spacial score (nSPS) is 10.6. The molecule has 3 N–H and O–H groups in total. The van der Waals surface area contributed by atoms with Gasteiger partial charge in [0.2, 0.25) is 17.8 Å². The molecule has 3 aromatic rings. The minimum Gasteiger partial charge on any atom is -0.372 e. The molecule has 0 spiro atoms. The standard InChI is InChI=1S/C19H21N9O2/c1-20-17-23-18(22-14-7-5-4-6-8-14)25-19(24-17)26-21-12-13-9-10-15(27(2)3)16(11-13)28(29)30/h4-12H,1-3H3,(H3,20,22,23,24,25,26)/b21-12+. The number of aromatic nitrogens is 3. The van der Waals surface area contributed by atoms with Gasteiger partial charge < -0.3 is 15.5 Å². The highest BCUT2D eigenvalue weighted by molar-refractivity contribution is 5.83. The molecule has 0 aliphatic rings. The van der Waals surface area contributed by atoms with Gasteiger partial charge in [0.25, 0.3) is 5.69 Å². The SMILES string of the molecule is CNc1nc(N/N=C/c2ccc(N(C)C)c([N+](=O)[O-])c2)nc(Nc2ccccc2)n1. The molecule has 0 radical (unpaired) electrons. The van der Waals surface area contributed by atoms with Gasteiger partial charge in [-0.25, -0.2) is 5.43 Å². The zero-order chi connectivity index (χ0) is 21.5. The summed E-state index contributed by atoms with van der Waals surface area (Å²) in [5, 5.41) is 21.4. The van der Waals surface area contributed by atoms with Crippen LogP contribution in [0.15, 0.2) is 53.6 Å². The van der Waals surface area contributed by atoms with Crippen molar-refractivity contribution in [3.63, 3.8) is 0 Å². The minimum atomic E-state index is -0.424. The summed E-state index contributed by atoms with van der Waals surface area (Å²) in [5.41, 5.74) is 4.62. The average Bonchev–Trinajstić information content (AvgIpc) is 2.74. The number of anilines is 5. The van der Waals surface area contributed by atoms with E-state index in [9.17, 15) is 10.1 Å². The Morgan fingerprint density at radius 1 is 1.03 bits per heavy atom. The third kappa shape index (κ3) is 5.16. The molecule has 154 valence electrons. The number of nitro groups is 1. The largest absolute Gasteiger partial charge is 0.372 e. The van der Waals surface area contributed by atoms with E-state index in [2.05, 4.69) is 36.1 Å². The van der Waals surface area contributed by atoms with E-state index in [4.69, 9.17) is 0 Å². The van der Waals surface area contributed by atoms with Crippen molar-refractivity contribution in [2.24, 2.45) is 5.10 Å². The van der Waals surface area contributed by atoms with E-state index in [-0.39, 0.29) is 11.6 Å². The lowest BCUT2D eigenvalue weighted by atomic mass is 10.2. The molecule has 2 aromatic carbocycles. The number of nitro benzene ring substituents is 1. The average molecular weight is 407 g/mol. The second kappa shape index (κ2) is 9.28. The first-order valence-electron chi connectivity index (χ1n) is 8.97. The Hall–Kier alpha value is -4.28. The monoisotopic (exact) mass is 407 g/mol. The van der Waals surface area contributed by atoms with Crippen molar-refractivity contribution in [1.82, 2.24) is 15.0 Å². The van der Waals surface area contributed by atoms with Crippen LogP contribution in [0.4, 0.5) is 34.9 Å². The Labute approximate surface area is 173 Å². The summed E-state index contributed by atoms with van der Waals surface area (Å²) in [6.45, 7) is 0. The highest BCUT2D eigenvalue weighted by atomic mass is 16.6. The van der Waals surface area contributed by atoms with Gasteiger partial charge in [-0.05, 0) is 18.2 Å². The molecule has 11 nitrogen and oxygen atoms in total. The van der Waals surface area contributed by atoms with Crippen LogP contribution in [0.25, 0.3) is 0 Å². The van der Waals surface area contributed by atoms with E-state index >= 15 is 0 Å². The number of rotatable bonds is 8. The minimum absolute atomic E-state index is 0.00377. The summed E-state index contributed by atoms with van der Waals surface area (Å²) in [6, 6.07) is 14.3. The molecule has 0 aliphatic carbocycles. The number of benzene rings is 2. The van der Waals surface area contributed by atoms with E-state index in [1.807, 2.05) is 30.3 Å². The smallest absolute Gasteiger partial charge is 0.293 e. The third-order valence-electron chi connectivity index (χ3n) is 3.95. The van der Waals surface area contributed by atoms with Crippen LogP contribution in [-0.4, -0.2) is 47.2 Å². The number of hydrazone groups is 1. The van der Waals surface area contributed by atoms with Crippen LogP contribution in [0.5, 0.6) is 0 Å². The first-order chi connectivity index (χ1) is 14.5. The van der Waals surface area contributed by atoms with Gasteiger partial charge in [0, 0.05) is 38.5 Å². The van der Waals surface area contributed by atoms with Gasteiger partial charge in [0.05, 0.1) is 11.1 Å². The van der Waals surface area contributed by atoms with Crippen LogP contribution in [0.2, 0.25) is 0 Å². The van der Waals surface area contributed by atoms with Crippen LogP contribution in [0, 0.1) is 10.1 Å². The van der Waals surface area contributed by atoms with Crippen molar-refractivity contribution in [3.05, 3.63) is 64.2 Å². The fourth-order valence-electron chi connectivity index (χ4n) is 2.55. The summed E-state index contributed by atoms with van der Waals surface area (Å²) in [4.78, 5) is 25.3. The molecule has 0 saturated carbocycles. The summed E-state index contributed by atoms with van der Waals surface area (Å²) >= 11 is 0. The maximum Gasteiger partial charge on any atom is 0.293 e. The van der Waals surface area contributed by atoms with Crippen molar-refractivity contribution in [1.29, 1.82) is 0 Å². The van der Waals surface area contributed by atoms with E-state index < -0.39 is 4.92 Å². The van der Waals surface area contributed by atoms with Crippen LogP contribution >= 0.6 is 0 Å². The number of hydrogen-bond donors (Lipinski definition) is 3. The van der Waals surface area contributed by atoms with Gasteiger partial charge in [-0.3, -0.25) is 10.1 Å². The first-order valence-corrected chi connectivity index (χ1v) is 8.97. The van der Waals surface area contributed by atoms with E-state index in [0.29, 0.717) is 23.1 Å². The van der Waals surface area contributed by atoms with Crippen LogP contribution in [-0.2, 0) is 0 Å². The molecule has 0 amide bonds. The Kier molecular flexibility index (Phi) is 6.33. The van der Waals surface area contributed by atoms with E-state index in [1.165, 1.54) is 12.3 Å². The maximum atomic E-state index is 11.3. The molecule has 0 fully saturated rings. The number of nitrogens with zero attached hydrogens (tertiary/aromatic N) is 6. The molecule has 0 bridgehead atoms. The molecule has 0 unspecified atom stereocenters. The highest BCUT2D eigenvalue weighted by Crippen LogP contribution is 2.27. The fourth-order valence-corrected chi connectivity index (χ4v) is 2.55. The van der Waals surface area contributed by atoms with Crippen molar-refractivity contribution in [2.75, 3.05) is 42.1 Å². The van der Waals surface area contributed by atoms with Gasteiger partial charge >= 0.3 is 0 Å². The topological polar surface area (TPSA) is 134 Å². The summed E-state index contributed by atoms with van der Waals surface area (Å²) in [6.07, 6.45) is 1.46. The zero-order valence-corrected chi connectivity index (χ0v) is 16.7. The zero-order valence-electron chi connectivity index (χ0n) is 16.7. The number of nitrogens with one attached hydrogen (secondary N) is 3. The van der Waals surface area contributed by atoms with Crippen LogP contribution < -0.4 is 21.0 Å². The van der Waals surface area contributed by atoms with Gasteiger partial charge in [-0.2, -0.15) is 20.1 Å². The first kappa shape index (κ1) is 20.5. The molecular formula is C19H21N9O2. The van der Waals surface area contributed by atoms with Gasteiger partial charge in [0.1, 0.15) is 5.69 Å². The fraction of sp³-hybridized carbons (Fsp3) is 0.158. The van der Waals surface area contributed by atoms with Gasteiger partial charge in [-0.15, -0.1) is 0 Å².